The van der Waals surface area contributed by atoms with E-state index < -0.39 is 6.09 Å². The number of hydrogen-bond acceptors (Lipinski definition) is 3. The Morgan fingerprint density at radius 2 is 2.31 bits per heavy atom. The molecule has 0 saturated heterocycles. The van der Waals surface area contributed by atoms with Crippen LogP contribution in [0.2, 0.25) is 0 Å². The Kier molecular flexibility index (Phi) is 2.70. The van der Waals surface area contributed by atoms with E-state index in [1.165, 1.54) is 0 Å². The first-order valence-electron chi connectivity index (χ1n) is 5.16. The van der Waals surface area contributed by atoms with Crippen LogP contribution in [0, 0.1) is 0 Å². The summed E-state index contributed by atoms with van der Waals surface area (Å²) >= 11 is 0. The van der Waals surface area contributed by atoms with E-state index in [4.69, 9.17) is 5.11 Å². The van der Waals surface area contributed by atoms with Crippen LogP contribution in [0.3, 0.4) is 0 Å². The van der Waals surface area contributed by atoms with Crippen molar-refractivity contribution >= 4 is 6.09 Å². The van der Waals surface area contributed by atoms with Crippen LogP contribution in [0.1, 0.15) is 24.1 Å². The van der Waals surface area contributed by atoms with Crippen molar-refractivity contribution in [3.05, 3.63) is 29.3 Å². The molecule has 1 aromatic carbocycles. The standard InChI is InChI=1S/C11H14N2O3/c1-7-10-6-9(14)3-2-8(10)4-5-13(7)12-11(15)16/h2-3,6-7,12,14H,4-5H2,1H3,(H,15,16). The third kappa shape index (κ3) is 1.94. The Morgan fingerprint density at radius 1 is 1.56 bits per heavy atom. The Bertz CT molecular complexity index is 420. The molecule has 16 heavy (non-hydrogen) atoms. The lowest BCUT2D eigenvalue weighted by molar-refractivity contribution is 0.105. The number of carboxylic acid groups (broad SMARTS) is 1. The molecule has 0 aliphatic carbocycles. The third-order valence-electron chi connectivity index (χ3n) is 2.91. The van der Waals surface area contributed by atoms with E-state index in [0.717, 1.165) is 17.5 Å². The smallest absolute Gasteiger partial charge is 0.419 e. The van der Waals surface area contributed by atoms with Gasteiger partial charge in [0.15, 0.2) is 0 Å². The zero-order valence-corrected chi connectivity index (χ0v) is 8.97. The average molecular weight is 222 g/mol. The zero-order valence-electron chi connectivity index (χ0n) is 8.97. The summed E-state index contributed by atoms with van der Waals surface area (Å²) in [6.45, 7) is 2.55. The maximum absolute atomic E-state index is 10.6. The Morgan fingerprint density at radius 3 is 3.00 bits per heavy atom. The molecule has 0 fully saturated rings. The number of hydrogen-bond donors (Lipinski definition) is 3. The Balaban J connectivity index is 2.26. The lowest BCUT2D eigenvalue weighted by atomic mass is 9.94. The molecule has 0 aromatic heterocycles. The Labute approximate surface area is 93.3 Å². The molecule has 0 saturated carbocycles. The molecule has 2 rings (SSSR count). The molecule has 0 radical (unpaired) electrons. The normalized spacial score (nSPS) is 20.2. The molecule has 1 aliphatic rings. The van der Waals surface area contributed by atoms with Crippen LogP contribution in [-0.2, 0) is 6.42 Å². The SMILES string of the molecule is CC1c2cc(O)ccc2CCN1NC(=O)O. The highest BCUT2D eigenvalue weighted by molar-refractivity contribution is 5.63. The molecular weight excluding hydrogens is 208 g/mol. The minimum atomic E-state index is -1.06. The fourth-order valence-corrected chi connectivity index (χ4v) is 2.08. The van der Waals surface area contributed by atoms with E-state index >= 15 is 0 Å². The number of phenolic OH excluding ortho intramolecular Hbond substituents is 1. The highest BCUT2D eigenvalue weighted by Gasteiger charge is 2.25. The summed E-state index contributed by atoms with van der Waals surface area (Å²) in [7, 11) is 0. The second-order valence-corrected chi connectivity index (χ2v) is 3.92. The van der Waals surface area contributed by atoms with Crippen LogP contribution in [0.15, 0.2) is 18.2 Å². The summed E-state index contributed by atoms with van der Waals surface area (Å²) in [5, 5.41) is 19.8. The van der Waals surface area contributed by atoms with Crippen molar-refractivity contribution in [2.75, 3.05) is 6.54 Å². The topological polar surface area (TPSA) is 72.8 Å². The number of nitrogens with one attached hydrogen (secondary N) is 1. The van der Waals surface area contributed by atoms with Crippen LogP contribution >= 0.6 is 0 Å². The van der Waals surface area contributed by atoms with Crippen molar-refractivity contribution in [3.8, 4) is 5.75 Å². The number of nitrogens with zero attached hydrogens (tertiary/aromatic N) is 1. The highest BCUT2D eigenvalue weighted by Crippen LogP contribution is 2.30. The zero-order chi connectivity index (χ0) is 11.7. The summed E-state index contributed by atoms with van der Waals surface area (Å²) in [6.07, 6.45) is -0.282. The molecule has 3 N–H and O–H groups in total. The first-order valence-corrected chi connectivity index (χ1v) is 5.16. The van der Waals surface area contributed by atoms with Gasteiger partial charge < -0.3 is 10.2 Å². The van der Waals surface area contributed by atoms with Gasteiger partial charge in [-0.25, -0.2) is 9.80 Å². The van der Waals surface area contributed by atoms with Crippen LogP contribution in [0.25, 0.3) is 0 Å². The molecule has 1 heterocycles. The van der Waals surface area contributed by atoms with Crippen molar-refractivity contribution in [2.45, 2.75) is 19.4 Å². The lowest BCUT2D eigenvalue weighted by Gasteiger charge is -2.34. The molecule has 1 aromatic rings. The summed E-state index contributed by atoms with van der Waals surface area (Å²) in [6, 6.07) is 5.17. The van der Waals surface area contributed by atoms with Gasteiger partial charge in [-0.2, -0.15) is 0 Å². The summed E-state index contributed by atoms with van der Waals surface area (Å²) in [5.74, 6) is 0.211. The summed E-state index contributed by atoms with van der Waals surface area (Å²) < 4.78 is 0. The van der Waals surface area contributed by atoms with E-state index in [-0.39, 0.29) is 11.8 Å². The van der Waals surface area contributed by atoms with Crippen molar-refractivity contribution in [2.24, 2.45) is 0 Å². The van der Waals surface area contributed by atoms with Crippen LogP contribution in [-0.4, -0.2) is 27.9 Å². The number of carbonyl (C=O) groups is 1. The summed E-state index contributed by atoms with van der Waals surface area (Å²) in [4.78, 5) is 10.6. The van der Waals surface area contributed by atoms with Gasteiger partial charge in [-0.15, -0.1) is 0 Å². The molecule has 1 amide bonds. The minimum Gasteiger partial charge on any atom is -0.508 e. The number of amides is 1. The predicted octanol–water partition coefficient (Wildman–Crippen LogP) is 1.49. The molecule has 86 valence electrons. The quantitative estimate of drug-likeness (QED) is 0.673. The van der Waals surface area contributed by atoms with Gasteiger partial charge in [0.05, 0.1) is 6.04 Å². The van der Waals surface area contributed by atoms with Crippen molar-refractivity contribution in [1.29, 1.82) is 0 Å². The van der Waals surface area contributed by atoms with Gasteiger partial charge in [0.1, 0.15) is 5.75 Å². The molecule has 1 unspecified atom stereocenters. The first kappa shape index (κ1) is 10.8. The maximum atomic E-state index is 10.6. The van der Waals surface area contributed by atoms with Crippen molar-refractivity contribution in [1.82, 2.24) is 10.4 Å². The fourth-order valence-electron chi connectivity index (χ4n) is 2.08. The lowest BCUT2D eigenvalue weighted by Crippen LogP contribution is -2.46. The number of fused-ring (bicyclic) bond motifs is 1. The molecule has 0 bridgehead atoms. The second-order valence-electron chi connectivity index (χ2n) is 3.92. The van der Waals surface area contributed by atoms with Gasteiger partial charge in [0, 0.05) is 6.54 Å². The van der Waals surface area contributed by atoms with E-state index in [0.29, 0.717) is 6.54 Å². The average Bonchev–Trinajstić information content (AvgIpc) is 2.22. The van der Waals surface area contributed by atoms with E-state index in [1.54, 1.807) is 17.1 Å². The van der Waals surface area contributed by atoms with E-state index in [9.17, 15) is 9.90 Å². The number of aromatic hydroxyl groups is 1. The number of benzene rings is 1. The number of rotatable bonds is 1. The molecular formula is C11H14N2O3. The molecule has 5 heteroatoms. The number of hydrazine groups is 1. The van der Waals surface area contributed by atoms with Gasteiger partial charge in [0.2, 0.25) is 0 Å². The fraction of sp³-hybridized carbons (Fsp3) is 0.364. The van der Waals surface area contributed by atoms with Gasteiger partial charge in [-0.1, -0.05) is 6.07 Å². The molecule has 5 nitrogen and oxygen atoms in total. The van der Waals surface area contributed by atoms with Gasteiger partial charge in [0.25, 0.3) is 0 Å². The minimum absolute atomic E-state index is 0.0630. The maximum Gasteiger partial charge on any atom is 0.419 e. The molecule has 1 aliphatic heterocycles. The van der Waals surface area contributed by atoms with E-state index in [1.807, 2.05) is 13.0 Å². The number of phenols is 1. The monoisotopic (exact) mass is 222 g/mol. The van der Waals surface area contributed by atoms with Gasteiger partial charge >= 0.3 is 6.09 Å². The Hall–Kier alpha value is -1.75. The first-order chi connectivity index (χ1) is 7.58. The van der Waals surface area contributed by atoms with Gasteiger partial charge in [-0.3, -0.25) is 5.43 Å². The van der Waals surface area contributed by atoms with Crippen LogP contribution in [0.4, 0.5) is 4.79 Å². The predicted molar refractivity (Wildman–Crippen MR) is 58.1 cm³/mol. The molecule has 1 atom stereocenters. The van der Waals surface area contributed by atoms with Crippen LogP contribution < -0.4 is 5.43 Å². The van der Waals surface area contributed by atoms with Crippen molar-refractivity contribution in [3.63, 3.8) is 0 Å². The second kappa shape index (κ2) is 4.02. The largest absolute Gasteiger partial charge is 0.508 e. The van der Waals surface area contributed by atoms with Crippen LogP contribution in [0.5, 0.6) is 5.75 Å². The summed E-state index contributed by atoms with van der Waals surface area (Å²) in [5.41, 5.74) is 4.49. The van der Waals surface area contributed by atoms with E-state index in [2.05, 4.69) is 5.43 Å². The van der Waals surface area contributed by atoms with Crippen molar-refractivity contribution < 1.29 is 15.0 Å². The van der Waals surface area contributed by atoms with Gasteiger partial charge in [-0.05, 0) is 36.6 Å². The third-order valence-corrected chi connectivity index (χ3v) is 2.91. The highest BCUT2D eigenvalue weighted by atomic mass is 16.4. The molecule has 0 spiro atoms.